The summed E-state index contributed by atoms with van der Waals surface area (Å²) in [5, 5.41) is 20.8. The summed E-state index contributed by atoms with van der Waals surface area (Å²) in [5.74, 6) is 1.96. The first-order valence-electron chi connectivity index (χ1n) is 10.1. The third kappa shape index (κ3) is 3.72. The fourth-order valence-electron chi connectivity index (χ4n) is 3.53. The van der Waals surface area contributed by atoms with Crippen molar-refractivity contribution in [3.63, 3.8) is 0 Å². The van der Waals surface area contributed by atoms with E-state index in [1.807, 2.05) is 53.9 Å². The van der Waals surface area contributed by atoms with Gasteiger partial charge < -0.3 is 20.1 Å². The fourth-order valence-corrected chi connectivity index (χ4v) is 4.22. The Morgan fingerprint density at radius 2 is 1.79 bits per heavy atom. The molecular weight excluding hydrogens is 440 g/mol. The van der Waals surface area contributed by atoms with Crippen LogP contribution >= 0.6 is 11.3 Å². The molecular formula is C23H16N6O3S. The molecule has 10 heteroatoms. The van der Waals surface area contributed by atoms with Crippen molar-refractivity contribution in [2.45, 2.75) is 0 Å². The van der Waals surface area contributed by atoms with E-state index in [0.29, 0.717) is 34.3 Å². The molecule has 2 aromatic carbocycles. The SMILES string of the molecule is O=C(Nc1cccc(-c2ccc3nnc(-c4cccs4)n3n2)c1)Nc1ccc2c(c1)OCO2. The van der Waals surface area contributed by atoms with Crippen LogP contribution in [0.5, 0.6) is 11.5 Å². The van der Waals surface area contributed by atoms with Gasteiger partial charge in [0.15, 0.2) is 23.0 Å². The summed E-state index contributed by atoms with van der Waals surface area (Å²) in [5.41, 5.74) is 3.49. The number of nitrogens with one attached hydrogen (secondary N) is 2. The van der Waals surface area contributed by atoms with Crippen LogP contribution in [0.3, 0.4) is 0 Å². The molecule has 0 spiro atoms. The fraction of sp³-hybridized carbons (Fsp3) is 0.0435. The highest BCUT2D eigenvalue weighted by Gasteiger charge is 2.15. The lowest BCUT2D eigenvalue weighted by atomic mass is 10.1. The number of hydrogen-bond donors (Lipinski definition) is 2. The van der Waals surface area contributed by atoms with Gasteiger partial charge >= 0.3 is 6.03 Å². The van der Waals surface area contributed by atoms with Crippen molar-refractivity contribution in [2.24, 2.45) is 0 Å². The molecule has 162 valence electrons. The smallest absolute Gasteiger partial charge is 0.323 e. The lowest BCUT2D eigenvalue weighted by molar-refractivity contribution is 0.174. The van der Waals surface area contributed by atoms with E-state index in [0.717, 1.165) is 16.1 Å². The molecule has 6 rings (SSSR count). The van der Waals surface area contributed by atoms with E-state index < -0.39 is 0 Å². The predicted molar refractivity (Wildman–Crippen MR) is 125 cm³/mol. The lowest BCUT2D eigenvalue weighted by Gasteiger charge is -2.10. The molecule has 1 aliphatic heterocycles. The molecule has 0 bridgehead atoms. The van der Waals surface area contributed by atoms with Gasteiger partial charge in [0.2, 0.25) is 6.79 Å². The third-order valence-electron chi connectivity index (χ3n) is 5.05. The molecule has 5 aromatic rings. The van der Waals surface area contributed by atoms with Crippen molar-refractivity contribution in [1.29, 1.82) is 0 Å². The molecule has 3 aromatic heterocycles. The van der Waals surface area contributed by atoms with E-state index in [4.69, 9.17) is 14.6 Å². The van der Waals surface area contributed by atoms with Crippen LogP contribution < -0.4 is 20.1 Å². The standard InChI is InChI=1S/C23H16N6O3S/c30-23(25-16-6-8-18-19(12-16)32-13-31-18)24-15-4-1-3-14(11-15)17-7-9-21-26-27-22(29(21)28-17)20-5-2-10-33-20/h1-12H,13H2,(H2,24,25,30). The first-order chi connectivity index (χ1) is 16.2. The van der Waals surface area contributed by atoms with Crippen LogP contribution in [0.15, 0.2) is 72.1 Å². The first kappa shape index (κ1) is 19.3. The molecule has 2 N–H and O–H groups in total. The van der Waals surface area contributed by atoms with Gasteiger partial charge in [0.05, 0.1) is 10.6 Å². The van der Waals surface area contributed by atoms with Gasteiger partial charge in [-0.2, -0.15) is 9.61 Å². The zero-order valence-electron chi connectivity index (χ0n) is 17.1. The lowest BCUT2D eigenvalue weighted by Crippen LogP contribution is -2.19. The van der Waals surface area contributed by atoms with E-state index >= 15 is 0 Å². The van der Waals surface area contributed by atoms with Crippen LogP contribution in [-0.2, 0) is 0 Å². The van der Waals surface area contributed by atoms with Crippen LogP contribution in [0.2, 0.25) is 0 Å². The van der Waals surface area contributed by atoms with Gasteiger partial charge in [-0.3, -0.25) is 0 Å². The van der Waals surface area contributed by atoms with Gasteiger partial charge in [-0.1, -0.05) is 18.2 Å². The number of nitrogens with zero attached hydrogens (tertiary/aromatic N) is 4. The molecule has 1 aliphatic rings. The minimum absolute atomic E-state index is 0.182. The van der Waals surface area contributed by atoms with Crippen molar-refractivity contribution < 1.29 is 14.3 Å². The molecule has 0 atom stereocenters. The predicted octanol–water partition coefficient (Wildman–Crippen LogP) is 4.89. The number of rotatable bonds is 4. The number of amides is 2. The van der Waals surface area contributed by atoms with Gasteiger partial charge in [-0.15, -0.1) is 21.5 Å². The van der Waals surface area contributed by atoms with E-state index in [1.54, 1.807) is 34.1 Å². The number of aromatic nitrogens is 4. The highest BCUT2D eigenvalue weighted by molar-refractivity contribution is 7.13. The number of thiophene rings is 1. The maximum Gasteiger partial charge on any atom is 0.323 e. The van der Waals surface area contributed by atoms with E-state index in [1.165, 1.54) is 0 Å². The minimum Gasteiger partial charge on any atom is -0.454 e. The van der Waals surface area contributed by atoms with Crippen LogP contribution in [0.1, 0.15) is 0 Å². The van der Waals surface area contributed by atoms with Gasteiger partial charge in [0, 0.05) is 23.0 Å². The topological polar surface area (TPSA) is 103 Å². The van der Waals surface area contributed by atoms with Crippen LogP contribution in [0, 0.1) is 0 Å². The quantitative estimate of drug-likeness (QED) is 0.399. The van der Waals surface area contributed by atoms with Gasteiger partial charge in [-0.05, 0) is 47.8 Å². The van der Waals surface area contributed by atoms with Crippen molar-refractivity contribution in [1.82, 2.24) is 19.8 Å². The Kier molecular flexibility index (Phi) is 4.62. The number of hydrogen-bond acceptors (Lipinski definition) is 7. The van der Waals surface area contributed by atoms with E-state index in [-0.39, 0.29) is 12.8 Å². The highest BCUT2D eigenvalue weighted by Crippen LogP contribution is 2.34. The van der Waals surface area contributed by atoms with E-state index in [2.05, 4.69) is 20.8 Å². The summed E-state index contributed by atoms with van der Waals surface area (Å²) < 4.78 is 12.4. The number of fused-ring (bicyclic) bond motifs is 2. The second kappa shape index (κ2) is 7.92. The number of carbonyl (C=O) groups excluding carboxylic acids is 1. The zero-order chi connectivity index (χ0) is 22.2. The maximum atomic E-state index is 12.5. The maximum absolute atomic E-state index is 12.5. The van der Waals surface area contributed by atoms with Crippen molar-refractivity contribution in [3.8, 4) is 33.5 Å². The molecule has 0 fully saturated rings. The molecule has 33 heavy (non-hydrogen) atoms. The Bertz CT molecular complexity index is 1480. The average Bonchev–Trinajstić information content (AvgIpc) is 3.58. The van der Waals surface area contributed by atoms with Crippen LogP contribution in [0.4, 0.5) is 16.2 Å². The monoisotopic (exact) mass is 456 g/mol. The second-order valence-corrected chi connectivity index (χ2v) is 8.17. The highest BCUT2D eigenvalue weighted by atomic mass is 32.1. The van der Waals surface area contributed by atoms with Gasteiger partial charge in [-0.25, -0.2) is 4.79 Å². The number of benzene rings is 2. The zero-order valence-corrected chi connectivity index (χ0v) is 17.9. The molecule has 0 saturated carbocycles. The van der Waals surface area contributed by atoms with Crippen molar-refractivity contribution in [3.05, 3.63) is 72.1 Å². The summed E-state index contributed by atoms with van der Waals surface area (Å²) in [6, 6.07) is 20.1. The number of anilines is 2. The van der Waals surface area contributed by atoms with Crippen LogP contribution in [0.25, 0.3) is 27.6 Å². The second-order valence-electron chi connectivity index (χ2n) is 7.22. The molecule has 0 aliphatic carbocycles. The van der Waals surface area contributed by atoms with Crippen LogP contribution in [-0.4, -0.2) is 32.6 Å². The summed E-state index contributed by atoms with van der Waals surface area (Å²) in [7, 11) is 0. The first-order valence-corrected chi connectivity index (χ1v) is 11.0. The Morgan fingerprint density at radius 1 is 0.909 bits per heavy atom. The molecule has 0 unspecified atom stereocenters. The summed E-state index contributed by atoms with van der Waals surface area (Å²) in [6.45, 7) is 0.182. The van der Waals surface area contributed by atoms with E-state index in [9.17, 15) is 4.79 Å². The molecule has 4 heterocycles. The average molecular weight is 456 g/mol. The third-order valence-corrected chi connectivity index (χ3v) is 5.92. The van der Waals surface area contributed by atoms with Crippen molar-refractivity contribution in [2.75, 3.05) is 17.4 Å². The number of urea groups is 1. The Hall–Kier alpha value is -4.44. The normalized spacial score (nSPS) is 12.1. The summed E-state index contributed by atoms with van der Waals surface area (Å²) >= 11 is 1.58. The molecule has 2 amide bonds. The largest absolute Gasteiger partial charge is 0.454 e. The molecule has 0 saturated heterocycles. The van der Waals surface area contributed by atoms with Gasteiger partial charge in [0.1, 0.15) is 0 Å². The molecule has 9 nitrogen and oxygen atoms in total. The Balaban J connectivity index is 1.23. The van der Waals surface area contributed by atoms with Crippen molar-refractivity contribution >= 4 is 34.4 Å². The Morgan fingerprint density at radius 3 is 2.67 bits per heavy atom. The number of carbonyl (C=O) groups is 1. The summed E-state index contributed by atoms with van der Waals surface area (Å²) in [4.78, 5) is 13.5. The summed E-state index contributed by atoms with van der Waals surface area (Å²) in [6.07, 6.45) is 0. The van der Waals surface area contributed by atoms with Gasteiger partial charge in [0.25, 0.3) is 0 Å². The number of ether oxygens (including phenoxy) is 2. The Labute approximate surface area is 191 Å². The minimum atomic E-state index is -0.367. The molecule has 0 radical (unpaired) electrons.